The number of hydrogen-bond acceptors (Lipinski definition) is 5. The van der Waals surface area contributed by atoms with Gasteiger partial charge in [-0.2, -0.15) is 0 Å². The molecule has 2 aromatic carbocycles. The first-order valence-corrected chi connectivity index (χ1v) is 12.0. The van der Waals surface area contributed by atoms with Crippen molar-refractivity contribution in [2.24, 2.45) is 5.92 Å². The van der Waals surface area contributed by atoms with Gasteiger partial charge in [-0.15, -0.1) is 0 Å². The first-order chi connectivity index (χ1) is 15.7. The Morgan fingerprint density at radius 2 is 1.69 bits per heavy atom. The van der Waals surface area contributed by atoms with Gasteiger partial charge in [-0.25, -0.2) is 0 Å². The number of carbonyl (C=O) groups excluding carboxylic acids is 1. The van der Waals surface area contributed by atoms with E-state index in [1.54, 1.807) is 0 Å². The molecular weight excluding hydrogens is 402 g/mol. The van der Waals surface area contributed by atoms with E-state index in [-0.39, 0.29) is 11.8 Å². The summed E-state index contributed by atoms with van der Waals surface area (Å²) < 4.78 is 11.6. The van der Waals surface area contributed by atoms with Crippen LogP contribution < -0.4 is 24.6 Å². The van der Waals surface area contributed by atoms with Crippen LogP contribution in [0.3, 0.4) is 0 Å². The summed E-state index contributed by atoms with van der Waals surface area (Å²) in [4.78, 5) is 18.3. The molecule has 0 aromatic heterocycles. The Morgan fingerprint density at radius 3 is 2.31 bits per heavy atom. The minimum Gasteiger partial charge on any atom is -0.494 e. The highest BCUT2D eigenvalue weighted by Crippen LogP contribution is 2.39. The van der Waals surface area contributed by atoms with Crippen LogP contribution in [0.4, 0.5) is 17.1 Å². The highest BCUT2D eigenvalue weighted by molar-refractivity contribution is 6.00. The van der Waals surface area contributed by atoms with E-state index in [0.717, 1.165) is 60.3 Å². The predicted octanol–water partition coefficient (Wildman–Crippen LogP) is 4.48. The average molecular weight is 436 g/mol. The molecule has 0 aliphatic carbocycles. The molecule has 32 heavy (non-hydrogen) atoms. The standard InChI is InChI=1S/C26H33N3O3/c1-2-31-21-10-11-24-19(17-21)16-20(18-32-24)26(30)27-25-22(28-12-3-4-13-28)8-7-9-23(25)29-14-5-6-15-29/h7-11,17,20H,2-6,12-16,18H2,1H3,(H,27,30). The summed E-state index contributed by atoms with van der Waals surface area (Å²) in [6.45, 7) is 7.19. The van der Waals surface area contributed by atoms with Gasteiger partial charge in [-0.3, -0.25) is 4.79 Å². The van der Waals surface area contributed by atoms with Crippen LogP contribution in [0.2, 0.25) is 0 Å². The lowest BCUT2D eigenvalue weighted by molar-refractivity contribution is -0.121. The summed E-state index contributed by atoms with van der Waals surface area (Å²) in [6.07, 6.45) is 5.48. The van der Waals surface area contributed by atoms with E-state index in [9.17, 15) is 4.79 Å². The third-order valence-corrected chi connectivity index (χ3v) is 6.78. The zero-order chi connectivity index (χ0) is 21.9. The first-order valence-electron chi connectivity index (χ1n) is 12.0. The van der Waals surface area contributed by atoms with Crippen LogP contribution in [0.1, 0.15) is 38.2 Å². The number of nitrogens with one attached hydrogen (secondary N) is 1. The smallest absolute Gasteiger partial charge is 0.231 e. The van der Waals surface area contributed by atoms with Crippen LogP contribution in [0.25, 0.3) is 0 Å². The van der Waals surface area contributed by atoms with E-state index >= 15 is 0 Å². The van der Waals surface area contributed by atoms with E-state index in [4.69, 9.17) is 9.47 Å². The van der Waals surface area contributed by atoms with Gasteiger partial charge in [0.2, 0.25) is 5.91 Å². The molecule has 0 saturated carbocycles. The number of carbonyl (C=O) groups is 1. The van der Waals surface area contributed by atoms with Crippen molar-refractivity contribution >= 4 is 23.0 Å². The largest absolute Gasteiger partial charge is 0.494 e. The van der Waals surface area contributed by atoms with Crippen LogP contribution >= 0.6 is 0 Å². The molecule has 2 aromatic rings. The summed E-state index contributed by atoms with van der Waals surface area (Å²) >= 11 is 0. The van der Waals surface area contributed by atoms with E-state index in [1.165, 1.54) is 25.7 Å². The van der Waals surface area contributed by atoms with Gasteiger partial charge in [0.25, 0.3) is 0 Å². The molecule has 3 heterocycles. The molecule has 3 aliphatic heterocycles. The lowest BCUT2D eigenvalue weighted by Gasteiger charge is -2.30. The SMILES string of the molecule is CCOc1ccc2c(c1)CC(C(=O)Nc1c(N3CCCC3)cccc1N1CCCC1)CO2. The van der Waals surface area contributed by atoms with Crippen LogP contribution in [-0.4, -0.2) is 45.3 Å². The summed E-state index contributed by atoms with van der Waals surface area (Å²) in [7, 11) is 0. The third-order valence-electron chi connectivity index (χ3n) is 6.78. The Labute approximate surface area is 190 Å². The molecule has 1 amide bonds. The van der Waals surface area contributed by atoms with Crippen LogP contribution in [0.15, 0.2) is 36.4 Å². The number of hydrogen-bond donors (Lipinski definition) is 1. The Kier molecular flexibility index (Phi) is 6.10. The average Bonchev–Trinajstić information content (AvgIpc) is 3.53. The predicted molar refractivity (Wildman–Crippen MR) is 128 cm³/mol. The molecule has 1 unspecified atom stereocenters. The van der Waals surface area contributed by atoms with Crippen molar-refractivity contribution in [1.82, 2.24) is 0 Å². The van der Waals surface area contributed by atoms with Crippen molar-refractivity contribution in [1.29, 1.82) is 0 Å². The molecule has 2 fully saturated rings. The number of rotatable bonds is 6. The Morgan fingerprint density at radius 1 is 1.03 bits per heavy atom. The fourth-order valence-electron chi connectivity index (χ4n) is 5.12. The maximum absolute atomic E-state index is 13.5. The zero-order valence-corrected chi connectivity index (χ0v) is 18.9. The van der Waals surface area contributed by atoms with Crippen molar-refractivity contribution in [2.45, 2.75) is 39.0 Å². The topological polar surface area (TPSA) is 54.0 Å². The lowest BCUT2D eigenvalue weighted by atomic mass is 9.95. The molecule has 3 aliphatic rings. The zero-order valence-electron chi connectivity index (χ0n) is 18.9. The van der Waals surface area contributed by atoms with Gasteiger partial charge in [-0.05, 0) is 74.9 Å². The van der Waals surface area contributed by atoms with Gasteiger partial charge < -0.3 is 24.6 Å². The number of ether oxygens (including phenoxy) is 2. The molecular formula is C26H33N3O3. The maximum atomic E-state index is 13.5. The van der Waals surface area contributed by atoms with E-state index < -0.39 is 0 Å². The van der Waals surface area contributed by atoms with Crippen molar-refractivity contribution < 1.29 is 14.3 Å². The number of nitrogens with zero attached hydrogens (tertiary/aromatic N) is 2. The van der Waals surface area contributed by atoms with Crippen LogP contribution in [0, 0.1) is 5.92 Å². The second-order valence-electron chi connectivity index (χ2n) is 8.96. The highest BCUT2D eigenvalue weighted by Gasteiger charge is 2.29. The monoisotopic (exact) mass is 435 g/mol. The summed E-state index contributed by atoms with van der Waals surface area (Å²) in [5.74, 6) is 1.49. The van der Waals surface area contributed by atoms with Crippen molar-refractivity contribution in [3.8, 4) is 11.5 Å². The van der Waals surface area contributed by atoms with E-state index in [2.05, 4.69) is 33.3 Å². The molecule has 1 atom stereocenters. The fourth-order valence-corrected chi connectivity index (χ4v) is 5.12. The molecule has 2 saturated heterocycles. The Balaban J connectivity index is 1.39. The van der Waals surface area contributed by atoms with Crippen molar-refractivity contribution in [3.05, 3.63) is 42.0 Å². The van der Waals surface area contributed by atoms with Gasteiger partial charge in [0.15, 0.2) is 0 Å². The summed E-state index contributed by atoms with van der Waals surface area (Å²) in [5.41, 5.74) is 4.30. The molecule has 6 heteroatoms. The molecule has 170 valence electrons. The molecule has 1 N–H and O–H groups in total. The maximum Gasteiger partial charge on any atom is 0.231 e. The number of para-hydroxylation sites is 1. The summed E-state index contributed by atoms with van der Waals surface area (Å²) in [6, 6.07) is 12.3. The van der Waals surface area contributed by atoms with Crippen LogP contribution in [-0.2, 0) is 11.2 Å². The summed E-state index contributed by atoms with van der Waals surface area (Å²) in [5, 5.41) is 3.34. The first kappa shape index (κ1) is 21.0. The van der Waals surface area contributed by atoms with Gasteiger partial charge in [-0.1, -0.05) is 6.07 Å². The molecule has 0 spiro atoms. The number of anilines is 3. The van der Waals surface area contributed by atoms with E-state index in [0.29, 0.717) is 19.6 Å². The lowest BCUT2D eigenvalue weighted by Crippen LogP contribution is -2.34. The highest BCUT2D eigenvalue weighted by atomic mass is 16.5. The fraction of sp³-hybridized carbons (Fsp3) is 0.500. The van der Waals surface area contributed by atoms with E-state index in [1.807, 2.05) is 25.1 Å². The molecule has 0 radical (unpaired) electrons. The molecule has 5 rings (SSSR count). The third kappa shape index (κ3) is 4.23. The minimum absolute atomic E-state index is 0.0320. The van der Waals surface area contributed by atoms with Crippen molar-refractivity contribution in [3.63, 3.8) is 0 Å². The van der Waals surface area contributed by atoms with Gasteiger partial charge in [0.05, 0.1) is 29.6 Å². The van der Waals surface area contributed by atoms with Crippen LogP contribution in [0.5, 0.6) is 11.5 Å². The second kappa shape index (κ2) is 9.31. The van der Waals surface area contributed by atoms with Crippen molar-refractivity contribution in [2.75, 3.05) is 54.5 Å². The molecule has 6 nitrogen and oxygen atoms in total. The number of amides is 1. The van der Waals surface area contributed by atoms with Gasteiger partial charge >= 0.3 is 0 Å². The minimum atomic E-state index is -0.225. The Bertz CT molecular complexity index is 931. The van der Waals surface area contributed by atoms with Gasteiger partial charge in [0.1, 0.15) is 18.1 Å². The Hall–Kier alpha value is -2.89. The molecule has 0 bridgehead atoms. The number of fused-ring (bicyclic) bond motifs is 1. The van der Waals surface area contributed by atoms with Gasteiger partial charge in [0, 0.05) is 26.2 Å². The normalized spacial score (nSPS) is 20.1. The number of benzene rings is 2. The second-order valence-corrected chi connectivity index (χ2v) is 8.96. The quantitative estimate of drug-likeness (QED) is 0.725.